The molecule has 4 nitrogen and oxygen atoms in total. The molecule has 98 valence electrons. The van der Waals surface area contributed by atoms with Gasteiger partial charge in [-0.25, -0.2) is 0 Å². The molecule has 0 bridgehead atoms. The van der Waals surface area contributed by atoms with Gasteiger partial charge in [0.2, 0.25) is 0 Å². The third-order valence-electron chi connectivity index (χ3n) is 3.63. The molecule has 0 aliphatic rings. The molecule has 2 atom stereocenters. The summed E-state index contributed by atoms with van der Waals surface area (Å²) in [6, 6.07) is 0.807. The Balaban J connectivity index is 3.00. The zero-order valence-electron chi connectivity index (χ0n) is 11.8. The van der Waals surface area contributed by atoms with Crippen molar-refractivity contribution in [2.24, 2.45) is 12.8 Å². The van der Waals surface area contributed by atoms with Crippen molar-refractivity contribution in [2.75, 3.05) is 13.6 Å². The average molecular weight is 238 g/mol. The maximum atomic E-state index is 5.95. The van der Waals surface area contributed by atoms with Crippen LogP contribution in [0.2, 0.25) is 0 Å². The number of hydrogen-bond acceptors (Lipinski definition) is 3. The van der Waals surface area contributed by atoms with Gasteiger partial charge in [-0.15, -0.1) is 0 Å². The van der Waals surface area contributed by atoms with Gasteiger partial charge in [-0.3, -0.25) is 9.58 Å². The van der Waals surface area contributed by atoms with Crippen molar-refractivity contribution in [2.45, 2.75) is 45.7 Å². The summed E-state index contributed by atoms with van der Waals surface area (Å²) in [5.41, 5.74) is 8.40. The molecular formula is C13H26N4. The van der Waals surface area contributed by atoms with E-state index < -0.39 is 0 Å². The average Bonchev–Trinajstić information content (AvgIpc) is 2.70. The van der Waals surface area contributed by atoms with Crippen LogP contribution in [0, 0.1) is 0 Å². The highest BCUT2D eigenvalue weighted by Crippen LogP contribution is 2.24. The topological polar surface area (TPSA) is 47.1 Å². The van der Waals surface area contributed by atoms with E-state index in [0.29, 0.717) is 12.6 Å². The van der Waals surface area contributed by atoms with Crippen LogP contribution in [0.5, 0.6) is 0 Å². The molecule has 0 radical (unpaired) electrons. The lowest BCUT2D eigenvalue weighted by Crippen LogP contribution is -2.37. The van der Waals surface area contributed by atoms with Gasteiger partial charge in [0.05, 0.1) is 11.7 Å². The standard InChI is InChI=1S/C13H26N4/c1-6-10(3)17(5)13(8-14)11-9-16(4)15-12(11)7-2/h9-10,13H,6-8,14H2,1-5H3. The Morgan fingerprint density at radius 2 is 2.12 bits per heavy atom. The Morgan fingerprint density at radius 3 is 2.59 bits per heavy atom. The molecule has 0 fully saturated rings. The van der Waals surface area contributed by atoms with Gasteiger partial charge in [0.1, 0.15) is 0 Å². The minimum Gasteiger partial charge on any atom is -0.329 e. The summed E-state index contributed by atoms with van der Waals surface area (Å²) >= 11 is 0. The molecule has 0 saturated heterocycles. The van der Waals surface area contributed by atoms with Gasteiger partial charge in [-0.2, -0.15) is 5.10 Å². The first kappa shape index (κ1) is 14.2. The van der Waals surface area contributed by atoms with Crippen molar-refractivity contribution in [3.05, 3.63) is 17.5 Å². The first-order chi connectivity index (χ1) is 8.04. The van der Waals surface area contributed by atoms with Crippen LogP contribution in [0.25, 0.3) is 0 Å². The second-order valence-electron chi connectivity index (χ2n) is 4.73. The van der Waals surface area contributed by atoms with E-state index in [1.807, 2.05) is 11.7 Å². The largest absolute Gasteiger partial charge is 0.329 e. The van der Waals surface area contributed by atoms with Crippen LogP contribution in [0.15, 0.2) is 6.20 Å². The van der Waals surface area contributed by atoms with E-state index in [-0.39, 0.29) is 6.04 Å². The zero-order valence-corrected chi connectivity index (χ0v) is 11.8. The quantitative estimate of drug-likeness (QED) is 0.821. The molecule has 1 heterocycles. The van der Waals surface area contributed by atoms with Crippen molar-refractivity contribution in [1.29, 1.82) is 0 Å². The Bertz CT molecular complexity index is 345. The van der Waals surface area contributed by atoms with E-state index in [9.17, 15) is 0 Å². The molecule has 1 aromatic heterocycles. The molecular weight excluding hydrogens is 212 g/mol. The van der Waals surface area contributed by atoms with E-state index in [1.165, 1.54) is 5.56 Å². The molecule has 1 aromatic rings. The summed E-state index contributed by atoms with van der Waals surface area (Å²) in [6.45, 7) is 7.23. The number of aromatic nitrogens is 2. The zero-order chi connectivity index (χ0) is 13.0. The lowest BCUT2D eigenvalue weighted by molar-refractivity contribution is 0.184. The van der Waals surface area contributed by atoms with Crippen molar-refractivity contribution < 1.29 is 0 Å². The summed E-state index contributed by atoms with van der Waals surface area (Å²) in [5, 5.41) is 4.50. The molecule has 1 rings (SSSR count). The summed E-state index contributed by atoms with van der Waals surface area (Å²) in [6.07, 6.45) is 4.20. The Hall–Kier alpha value is -0.870. The molecule has 0 amide bonds. The maximum absolute atomic E-state index is 5.95. The van der Waals surface area contributed by atoms with E-state index in [1.54, 1.807) is 0 Å². The third-order valence-corrected chi connectivity index (χ3v) is 3.63. The van der Waals surface area contributed by atoms with Gasteiger partial charge in [0, 0.05) is 31.4 Å². The highest BCUT2D eigenvalue weighted by molar-refractivity contribution is 5.22. The Kier molecular flexibility index (Phi) is 5.15. The summed E-state index contributed by atoms with van der Waals surface area (Å²) in [5.74, 6) is 0. The predicted molar refractivity (Wildman–Crippen MR) is 71.9 cm³/mol. The normalized spacial score (nSPS) is 15.2. The van der Waals surface area contributed by atoms with Crippen LogP contribution in [0.3, 0.4) is 0 Å². The fraction of sp³-hybridized carbons (Fsp3) is 0.769. The molecule has 4 heteroatoms. The number of hydrogen-bond donors (Lipinski definition) is 1. The summed E-state index contributed by atoms with van der Waals surface area (Å²) < 4.78 is 1.89. The van der Waals surface area contributed by atoms with Crippen LogP contribution in [-0.2, 0) is 13.5 Å². The molecule has 17 heavy (non-hydrogen) atoms. The minimum atomic E-state index is 0.272. The molecule has 0 aliphatic heterocycles. The molecule has 0 aliphatic carbocycles. The second kappa shape index (κ2) is 6.17. The highest BCUT2D eigenvalue weighted by Gasteiger charge is 2.23. The Labute approximate surface area is 105 Å². The molecule has 0 spiro atoms. The van der Waals surface area contributed by atoms with E-state index in [2.05, 4.69) is 44.0 Å². The third kappa shape index (κ3) is 3.07. The minimum absolute atomic E-state index is 0.272. The highest BCUT2D eigenvalue weighted by atomic mass is 15.3. The number of likely N-dealkylation sites (N-methyl/N-ethyl adjacent to an activating group) is 1. The van der Waals surface area contributed by atoms with Gasteiger partial charge in [-0.05, 0) is 26.8 Å². The van der Waals surface area contributed by atoms with Crippen molar-refractivity contribution in [3.63, 3.8) is 0 Å². The van der Waals surface area contributed by atoms with Gasteiger partial charge in [-0.1, -0.05) is 13.8 Å². The van der Waals surface area contributed by atoms with E-state index in [0.717, 1.165) is 18.5 Å². The summed E-state index contributed by atoms with van der Waals surface area (Å²) in [4.78, 5) is 2.36. The maximum Gasteiger partial charge on any atom is 0.0670 e. The number of nitrogens with zero attached hydrogens (tertiary/aromatic N) is 3. The van der Waals surface area contributed by atoms with Crippen molar-refractivity contribution in [3.8, 4) is 0 Å². The molecule has 2 N–H and O–H groups in total. The first-order valence-corrected chi connectivity index (χ1v) is 6.49. The smallest absolute Gasteiger partial charge is 0.0670 e. The molecule has 0 saturated carbocycles. The SMILES string of the molecule is CCc1nn(C)cc1C(CN)N(C)C(C)CC. The predicted octanol–water partition coefficient (Wildman–Crippen LogP) is 1.71. The fourth-order valence-corrected chi connectivity index (χ4v) is 2.21. The number of rotatable bonds is 6. The fourth-order valence-electron chi connectivity index (χ4n) is 2.21. The lowest BCUT2D eigenvalue weighted by atomic mass is 10.0. The van der Waals surface area contributed by atoms with Gasteiger partial charge in [0.15, 0.2) is 0 Å². The summed E-state index contributed by atoms with van der Waals surface area (Å²) in [7, 11) is 4.12. The van der Waals surface area contributed by atoms with Gasteiger partial charge >= 0.3 is 0 Å². The Morgan fingerprint density at radius 1 is 1.47 bits per heavy atom. The van der Waals surface area contributed by atoms with Crippen molar-refractivity contribution in [1.82, 2.24) is 14.7 Å². The van der Waals surface area contributed by atoms with Gasteiger partial charge in [0.25, 0.3) is 0 Å². The number of aryl methyl sites for hydroxylation is 2. The van der Waals surface area contributed by atoms with Crippen molar-refractivity contribution >= 4 is 0 Å². The molecule has 0 aromatic carbocycles. The van der Waals surface area contributed by atoms with E-state index in [4.69, 9.17) is 5.73 Å². The first-order valence-electron chi connectivity index (χ1n) is 6.49. The van der Waals surface area contributed by atoms with Gasteiger partial charge < -0.3 is 5.73 Å². The van der Waals surface area contributed by atoms with E-state index >= 15 is 0 Å². The van der Waals surface area contributed by atoms with Crippen LogP contribution in [0.1, 0.15) is 44.5 Å². The van der Waals surface area contributed by atoms with Crippen LogP contribution >= 0.6 is 0 Å². The number of nitrogens with two attached hydrogens (primary N) is 1. The second-order valence-corrected chi connectivity index (χ2v) is 4.73. The van der Waals surface area contributed by atoms with Crippen LogP contribution in [-0.4, -0.2) is 34.3 Å². The lowest BCUT2D eigenvalue weighted by Gasteiger charge is -2.32. The monoisotopic (exact) mass is 238 g/mol. The molecule has 2 unspecified atom stereocenters. The van der Waals surface area contributed by atoms with Crippen LogP contribution in [0.4, 0.5) is 0 Å². The van der Waals surface area contributed by atoms with Crippen LogP contribution < -0.4 is 5.73 Å².